The van der Waals surface area contributed by atoms with Gasteiger partial charge < -0.3 is 9.84 Å². The van der Waals surface area contributed by atoms with Crippen LogP contribution in [-0.2, 0) is 9.53 Å². The average molecular weight is 128 g/mol. The van der Waals surface area contributed by atoms with Gasteiger partial charge in [0.05, 0.1) is 18.1 Å². The van der Waals surface area contributed by atoms with E-state index in [0.717, 1.165) is 12.8 Å². The summed E-state index contributed by atoms with van der Waals surface area (Å²) in [6.07, 6.45) is 2.07. The molecule has 2 aliphatic rings. The zero-order valence-corrected chi connectivity index (χ0v) is 4.91. The van der Waals surface area contributed by atoms with Crippen LogP contribution in [0.25, 0.3) is 0 Å². The number of rotatable bonds is 1. The van der Waals surface area contributed by atoms with Crippen molar-refractivity contribution in [2.45, 2.75) is 25.0 Å². The third-order valence-corrected chi connectivity index (χ3v) is 2.07. The van der Waals surface area contributed by atoms with Crippen molar-refractivity contribution in [3.8, 4) is 0 Å². The number of carboxylic acids is 1. The lowest BCUT2D eigenvalue weighted by atomic mass is 10.1. The third-order valence-electron chi connectivity index (χ3n) is 2.07. The second-order valence-corrected chi connectivity index (χ2v) is 2.72. The van der Waals surface area contributed by atoms with Crippen LogP contribution in [0.2, 0.25) is 0 Å². The molecule has 0 radical (unpaired) electrons. The Morgan fingerprint density at radius 1 is 1.44 bits per heavy atom. The lowest BCUT2D eigenvalue weighted by molar-refractivity contribution is -0.142. The second kappa shape index (κ2) is 1.48. The molecule has 0 aromatic rings. The summed E-state index contributed by atoms with van der Waals surface area (Å²) in [5, 5.41) is 8.50. The van der Waals surface area contributed by atoms with Gasteiger partial charge in [0.1, 0.15) is 0 Å². The fourth-order valence-corrected chi connectivity index (χ4v) is 1.45. The van der Waals surface area contributed by atoms with Crippen molar-refractivity contribution >= 4 is 5.97 Å². The number of carbonyl (C=O) groups is 1. The zero-order valence-electron chi connectivity index (χ0n) is 4.91. The molecule has 0 aromatic carbocycles. The Kier molecular flexibility index (Phi) is 0.858. The molecular formula is C6H8O3. The SMILES string of the molecule is O=C(O)C1CC2O[C@H]2C1. The van der Waals surface area contributed by atoms with Crippen molar-refractivity contribution in [3.63, 3.8) is 0 Å². The van der Waals surface area contributed by atoms with Crippen LogP contribution in [-0.4, -0.2) is 23.3 Å². The van der Waals surface area contributed by atoms with Crippen molar-refractivity contribution in [1.82, 2.24) is 0 Å². The smallest absolute Gasteiger partial charge is 0.306 e. The normalized spacial score (nSPS) is 46.4. The Labute approximate surface area is 52.6 Å². The first-order chi connectivity index (χ1) is 4.27. The molecule has 0 bridgehead atoms. The van der Waals surface area contributed by atoms with E-state index in [0.29, 0.717) is 12.2 Å². The number of epoxide rings is 1. The van der Waals surface area contributed by atoms with Crippen LogP contribution in [0.5, 0.6) is 0 Å². The Bertz CT molecular complexity index is 144. The van der Waals surface area contributed by atoms with Crippen LogP contribution in [0.3, 0.4) is 0 Å². The van der Waals surface area contributed by atoms with Gasteiger partial charge in [0.25, 0.3) is 0 Å². The largest absolute Gasteiger partial charge is 0.481 e. The monoisotopic (exact) mass is 128 g/mol. The molecule has 50 valence electrons. The third kappa shape index (κ3) is 0.721. The Morgan fingerprint density at radius 3 is 2.33 bits per heavy atom. The quantitative estimate of drug-likeness (QED) is 0.515. The van der Waals surface area contributed by atoms with E-state index < -0.39 is 5.97 Å². The Balaban J connectivity index is 1.97. The average Bonchev–Trinajstić information content (AvgIpc) is 2.40. The molecule has 1 saturated heterocycles. The Hall–Kier alpha value is -0.570. The van der Waals surface area contributed by atoms with Gasteiger partial charge >= 0.3 is 5.97 Å². The van der Waals surface area contributed by atoms with E-state index in [1.165, 1.54) is 0 Å². The number of hydrogen-bond donors (Lipinski definition) is 1. The van der Waals surface area contributed by atoms with Crippen LogP contribution in [0.15, 0.2) is 0 Å². The van der Waals surface area contributed by atoms with E-state index in [9.17, 15) is 4.79 Å². The van der Waals surface area contributed by atoms with Crippen molar-refractivity contribution < 1.29 is 14.6 Å². The Morgan fingerprint density at radius 2 is 2.00 bits per heavy atom. The van der Waals surface area contributed by atoms with Gasteiger partial charge in [-0.3, -0.25) is 4.79 Å². The fraction of sp³-hybridized carbons (Fsp3) is 0.833. The van der Waals surface area contributed by atoms with E-state index in [1.807, 2.05) is 0 Å². The van der Waals surface area contributed by atoms with Crippen LogP contribution in [0, 0.1) is 5.92 Å². The number of aliphatic carboxylic acids is 1. The minimum atomic E-state index is -0.661. The molecule has 0 amide bonds. The van der Waals surface area contributed by atoms with Crippen molar-refractivity contribution in [1.29, 1.82) is 0 Å². The van der Waals surface area contributed by atoms with Gasteiger partial charge in [-0.15, -0.1) is 0 Å². The highest BCUT2D eigenvalue weighted by atomic mass is 16.6. The summed E-state index contributed by atoms with van der Waals surface area (Å²) in [6, 6.07) is 0. The van der Waals surface area contributed by atoms with Crippen molar-refractivity contribution in [2.75, 3.05) is 0 Å². The highest BCUT2D eigenvalue weighted by Gasteiger charge is 2.50. The van der Waals surface area contributed by atoms with E-state index in [4.69, 9.17) is 9.84 Å². The number of fused-ring (bicyclic) bond motifs is 1. The minimum absolute atomic E-state index is 0.117. The molecule has 1 saturated carbocycles. The highest BCUT2D eigenvalue weighted by molar-refractivity contribution is 5.70. The summed E-state index contributed by atoms with van der Waals surface area (Å²) in [6.45, 7) is 0. The molecule has 1 aliphatic carbocycles. The molecule has 1 N–H and O–H groups in total. The summed E-state index contributed by atoms with van der Waals surface area (Å²) in [7, 11) is 0. The molecule has 1 heterocycles. The first-order valence-electron chi connectivity index (χ1n) is 3.15. The van der Waals surface area contributed by atoms with E-state index in [2.05, 4.69) is 0 Å². The molecule has 3 heteroatoms. The van der Waals surface area contributed by atoms with Crippen LogP contribution in [0.1, 0.15) is 12.8 Å². The summed E-state index contributed by atoms with van der Waals surface area (Å²) in [5.41, 5.74) is 0. The van der Waals surface area contributed by atoms with Crippen molar-refractivity contribution in [3.05, 3.63) is 0 Å². The van der Waals surface area contributed by atoms with Gasteiger partial charge in [-0.2, -0.15) is 0 Å². The van der Waals surface area contributed by atoms with Gasteiger partial charge in [-0.25, -0.2) is 0 Å². The van der Waals surface area contributed by atoms with Gasteiger partial charge in [-0.1, -0.05) is 0 Å². The predicted octanol–water partition coefficient (Wildman–Crippen LogP) is 0.248. The van der Waals surface area contributed by atoms with Crippen LogP contribution >= 0.6 is 0 Å². The molecule has 2 unspecified atom stereocenters. The molecule has 1 aliphatic heterocycles. The van der Waals surface area contributed by atoms with Crippen molar-refractivity contribution in [2.24, 2.45) is 5.92 Å². The predicted molar refractivity (Wildman–Crippen MR) is 29.0 cm³/mol. The first kappa shape index (κ1) is 5.23. The second-order valence-electron chi connectivity index (χ2n) is 2.72. The molecule has 2 rings (SSSR count). The molecule has 2 fully saturated rings. The van der Waals surface area contributed by atoms with Crippen LogP contribution < -0.4 is 0 Å². The maximum absolute atomic E-state index is 10.3. The number of ether oxygens (including phenoxy) is 1. The summed E-state index contributed by atoms with van der Waals surface area (Å²) in [4.78, 5) is 10.3. The van der Waals surface area contributed by atoms with Gasteiger partial charge in [0.2, 0.25) is 0 Å². The lowest BCUT2D eigenvalue weighted by Gasteiger charge is -2.01. The number of carboxylic acid groups (broad SMARTS) is 1. The number of hydrogen-bond acceptors (Lipinski definition) is 2. The topological polar surface area (TPSA) is 49.8 Å². The molecule has 0 spiro atoms. The summed E-state index contributed by atoms with van der Waals surface area (Å²) < 4.78 is 5.07. The van der Waals surface area contributed by atoms with E-state index in [1.54, 1.807) is 0 Å². The lowest BCUT2D eigenvalue weighted by Crippen LogP contribution is -2.11. The van der Waals surface area contributed by atoms with Gasteiger partial charge in [0, 0.05) is 0 Å². The summed E-state index contributed by atoms with van der Waals surface area (Å²) in [5.74, 6) is -0.778. The van der Waals surface area contributed by atoms with Gasteiger partial charge in [0.15, 0.2) is 0 Å². The van der Waals surface area contributed by atoms with Gasteiger partial charge in [-0.05, 0) is 12.8 Å². The summed E-state index contributed by atoms with van der Waals surface area (Å²) >= 11 is 0. The van der Waals surface area contributed by atoms with Crippen LogP contribution in [0.4, 0.5) is 0 Å². The molecular weight excluding hydrogens is 120 g/mol. The first-order valence-corrected chi connectivity index (χ1v) is 3.15. The molecule has 3 atom stereocenters. The molecule has 0 aromatic heterocycles. The fourth-order valence-electron chi connectivity index (χ4n) is 1.45. The zero-order chi connectivity index (χ0) is 6.43. The highest BCUT2D eigenvalue weighted by Crippen LogP contribution is 2.41. The maximum atomic E-state index is 10.3. The molecule has 9 heavy (non-hydrogen) atoms. The van der Waals surface area contributed by atoms with E-state index in [-0.39, 0.29) is 5.92 Å². The van der Waals surface area contributed by atoms with E-state index >= 15 is 0 Å². The standard InChI is InChI=1S/C6H8O3/c7-6(8)3-1-4-5(2-3)9-4/h3-5H,1-2H2,(H,7,8)/t3?,4-,5?/m0/s1. The molecule has 3 nitrogen and oxygen atoms in total. The maximum Gasteiger partial charge on any atom is 0.306 e. The minimum Gasteiger partial charge on any atom is -0.481 e.